The Balaban J connectivity index is 1.45. The number of hydrogen-bond donors (Lipinski definition) is 1. The molecule has 0 atom stereocenters. The molecule has 0 saturated carbocycles. The van der Waals surface area contributed by atoms with Crippen molar-refractivity contribution in [1.29, 1.82) is 0 Å². The Bertz CT molecular complexity index is 1070. The predicted octanol–water partition coefficient (Wildman–Crippen LogP) is 3.25. The van der Waals surface area contributed by atoms with Crippen molar-refractivity contribution in [3.8, 4) is 11.4 Å². The van der Waals surface area contributed by atoms with Crippen molar-refractivity contribution in [1.82, 2.24) is 29.8 Å². The molecule has 2 amide bonds. The monoisotopic (exact) mass is 448 g/mol. The number of nitrogens with one attached hydrogen (secondary N) is 1. The van der Waals surface area contributed by atoms with Gasteiger partial charge in [-0.15, -0.1) is 11.3 Å². The van der Waals surface area contributed by atoms with Crippen LogP contribution in [0.2, 0.25) is 5.15 Å². The Labute approximate surface area is 182 Å². The van der Waals surface area contributed by atoms with Crippen molar-refractivity contribution >= 4 is 39.8 Å². The molecule has 0 bridgehead atoms. The number of amides is 2. The zero-order valence-electron chi connectivity index (χ0n) is 16.5. The van der Waals surface area contributed by atoms with Gasteiger partial charge in [-0.2, -0.15) is 5.10 Å². The highest BCUT2D eigenvalue weighted by atomic mass is 35.5. The van der Waals surface area contributed by atoms with Crippen LogP contribution in [0.5, 0.6) is 0 Å². The normalized spacial score (nSPS) is 15.0. The lowest BCUT2D eigenvalue weighted by atomic mass is 10.0. The minimum absolute atomic E-state index is 0.0237. The minimum Gasteiger partial charge on any atom is -0.447 e. The molecule has 0 radical (unpaired) electrons. The van der Waals surface area contributed by atoms with Crippen molar-refractivity contribution in [2.75, 3.05) is 13.1 Å². The van der Waals surface area contributed by atoms with Crippen LogP contribution in [0.4, 0.5) is 4.79 Å². The molecule has 30 heavy (non-hydrogen) atoms. The highest BCUT2D eigenvalue weighted by Crippen LogP contribution is 2.26. The lowest BCUT2D eigenvalue weighted by Gasteiger charge is -2.32. The highest BCUT2D eigenvalue weighted by molar-refractivity contribution is 7.16. The van der Waals surface area contributed by atoms with Crippen LogP contribution >= 0.6 is 22.9 Å². The van der Waals surface area contributed by atoms with Crippen LogP contribution in [0.3, 0.4) is 0 Å². The Morgan fingerprint density at radius 2 is 2.07 bits per heavy atom. The second-order valence-electron chi connectivity index (χ2n) is 7.28. The molecular weight excluding hydrogens is 428 g/mol. The quantitative estimate of drug-likeness (QED) is 0.615. The third-order valence-electron chi connectivity index (χ3n) is 4.73. The van der Waals surface area contributed by atoms with E-state index in [1.54, 1.807) is 29.5 Å². The molecule has 1 fully saturated rings. The van der Waals surface area contributed by atoms with E-state index in [0.29, 0.717) is 31.8 Å². The van der Waals surface area contributed by atoms with Crippen LogP contribution in [-0.2, 0) is 4.74 Å². The van der Waals surface area contributed by atoms with Gasteiger partial charge >= 0.3 is 6.09 Å². The first-order chi connectivity index (χ1) is 14.4. The first-order valence-corrected chi connectivity index (χ1v) is 10.9. The summed E-state index contributed by atoms with van der Waals surface area (Å²) < 4.78 is 6.84. The molecule has 1 N–H and O–H groups in total. The summed E-state index contributed by atoms with van der Waals surface area (Å²) in [6.45, 7) is 4.61. The Hall–Kier alpha value is -2.72. The van der Waals surface area contributed by atoms with E-state index < -0.39 is 6.09 Å². The fraction of sp³-hybridized carbons (Fsp3) is 0.421. The van der Waals surface area contributed by atoms with Crippen molar-refractivity contribution in [3.05, 3.63) is 34.7 Å². The summed E-state index contributed by atoms with van der Waals surface area (Å²) in [6, 6.07) is 1.46. The molecule has 3 aromatic rings. The molecule has 0 unspecified atom stereocenters. The summed E-state index contributed by atoms with van der Waals surface area (Å²) in [5, 5.41) is 9.22. The lowest BCUT2D eigenvalue weighted by Crippen LogP contribution is -2.47. The maximum absolute atomic E-state index is 13.0. The molecule has 158 valence electrons. The molecule has 9 nitrogen and oxygen atoms in total. The van der Waals surface area contributed by atoms with E-state index in [4.69, 9.17) is 16.3 Å². The molecule has 1 saturated heterocycles. The molecule has 3 aromatic heterocycles. The highest BCUT2D eigenvalue weighted by Gasteiger charge is 2.27. The Morgan fingerprint density at radius 3 is 2.80 bits per heavy atom. The molecule has 4 rings (SSSR count). The number of halogens is 1. The number of nitrogens with zero attached hydrogens (tertiary/aromatic N) is 5. The number of likely N-dealkylation sites (tertiary alicyclic amines) is 1. The average molecular weight is 449 g/mol. The predicted molar refractivity (Wildman–Crippen MR) is 113 cm³/mol. The Morgan fingerprint density at radius 1 is 1.30 bits per heavy atom. The average Bonchev–Trinajstić information content (AvgIpc) is 3.30. The number of piperidine rings is 1. The smallest absolute Gasteiger partial charge is 0.407 e. The Kier molecular flexibility index (Phi) is 5.87. The summed E-state index contributed by atoms with van der Waals surface area (Å²) in [4.78, 5) is 36.1. The van der Waals surface area contributed by atoms with Gasteiger partial charge in [0.1, 0.15) is 15.7 Å². The minimum atomic E-state index is -0.428. The molecule has 0 aliphatic carbocycles. The third-order valence-corrected chi connectivity index (χ3v) is 5.81. The first kappa shape index (κ1) is 20.5. The number of alkyl carbamates (subject to hydrolysis) is 1. The van der Waals surface area contributed by atoms with Gasteiger partial charge in [0.15, 0.2) is 5.82 Å². The zero-order chi connectivity index (χ0) is 21.3. The summed E-state index contributed by atoms with van der Waals surface area (Å²) in [6.07, 6.45) is 4.19. The number of hydrogen-bond acceptors (Lipinski definition) is 7. The van der Waals surface area contributed by atoms with Crippen LogP contribution in [0, 0.1) is 0 Å². The molecule has 4 heterocycles. The molecule has 0 spiro atoms. The fourth-order valence-corrected chi connectivity index (χ4v) is 4.31. The number of carbonyl (C=O) groups excluding carboxylic acids is 2. The number of aromatic nitrogens is 4. The van der Waals surface area contributed by atoms with Gasteiger partial charge in [-0.3, -0.25) is 4.79 Å². The number of fused-ring (bicyclic) bond motifs is 1. The van der Waals surface area contributed by atoms with Gasteiger partial charge in [0, 0.05) is 36.8 Å². The van der Waals surface area contributed by atoms with Crippen LogP contribution in [0.25, 0.3) is 16.2 Å². The van der Waals surface area contributed by atoms with E-state index in [0.717, 1.165) is 10.4 Å². The van der Waals surface area contributed by atoms with Crippen molar-refractivity contribution in [2.45, 2.75) is 38.8 Å². The summed E-state index contributed by atoms with van der Waals surface area (Å²) in [5.74, 6) is 0.162. The second kappa shape index (κ2) is 8.57. The van der Waals surface area contributed by atoms with E-state index in [-0.39, 0.29) is 28.9 Å². The third kappa shape index (κ3) is 4.39. The second-order valence-corrected chi connectivity index (χ2v) is 8.56. The van der Waals surface area contributed by atoms with Crippen LogP contribution in [-0.4, -0.2) is 61.7 Å². The van der Waals surface area contributed by atoms with Crippen molar-refractivity contribution < 1.29 is 14.3 Å². The van der Waals surface area contributed by atoms with Gasteiger partial charge in [0.2, 0.25) is 0 Å². The van der Waals surface area contributed by atoms with E-state index >= 15 is 0 Å². The van der Waals surface area contributed by atoms with E-state index in [1.807, 2.05) is 11.6 Å². The topological polar surface area (TPSA) is 102 Å². The molecule has 1 aliphatic heterocycles. The summed E-state index contributed by atoms with van der Waals surface area (Å²) in [5.41, 5.74) is 0.972. The van der Waals surface area contributed by atoms with Gasteiger partial charge in [0.05, 0.1) is 17.9 Å². The van der Waals surface area contributed by atoms with E-state index in [1.165, 1.54) is 17.4 Å². The molecule has 11 heteroatoms. The van der Waals surface area contributed by atoms with Gasteiger partial charge < -0.3 is 15.0 Å². The zero-order valence-corrected chi connectivity index (χ0v) is 18.1. The van der Waals surface area contributed by atoms with E-state index in [2.05, 4.69) is 20.4 Å². The molecular formula is C19H21ClN6O3S. The SMILES string of the molecule is CC(C)OC(=O)NC1CCN(C(=O)c2cc(Cl)nc(-c3cnn4ccsc34)n2)CC1. The molecule has 1 aliphatic rings. The summed E-state index contributed by atoms with van der Waals surface area (Å²) in [7, 11) is 0. The van der Waals surface area contributed by atoms with Crippen LogP contribution in [0.15, 0.2) is 23.8 Å². The van der Waals surface area contributed by atoms with Gasteiger partial charge in [0.25, 0.3) is 5.91 Å². The van der Waals surface area contributed by atoms with Gasteiger partial charge in [-0.25, -0.2) is 19.3 Å². The standard InChI is InChI=1S/C19H21ClN6O3S/c1-11(2)29-19(28)22-12-3-5-25(6-4-12)17(27)14-9-15(20)24-16(23-14)13-10-21-26-7-8-30-18(13)26/h7-12H,3-6H2,1-2H3,(H,22,28). The van der Waals surface area contributed by atoms with Crippen LogP contribution < -0.4 is 5.32 Å². The van der Waals surface area contributed by atoms with E-state index in [9.17, 15) is 9.59 Å². The number of rotatable bonds is 4. The fourth-order valence-electron chi connectivity index (χ4n) is 3.33. The van der Waals surface area contributed by atoms with Gasteiger partial charge in [-0.1, -0.05) is 11.6 Å². The lowest BCUT2D eigenvalue weighted by molar-refractivity contribution is 0.0690. The number of ether oxygens (including phenoxy) is 1. The number of carbonyl (C=O) groups is 2. The largest absolute Gasteiger partial charge is 0.447 e. The van der Waals surface area contributed by atoms with Crippen molar-refractivity contribution in [3.63, 3.8) is 0 Å². The van der Waals surface area contributed by atoms with Crippen LogP contribution in [0.1, 0.15) is 37.2 Å². The number of thiazole rings is 1. The molecule has 0 aromatic carbocycles. The summed E-state index contributed by atoms with van der Waals surface area (Å²) >= 11 is 7.70. The first-order valence-electron chi connectivity index (χ1n) is 9.63. The van der Waals surface area contributed by atoms with Crippen molar-refractivity contribution in [2.24, 2.45) is 0 Å². The van der Waals surface area contributed by atoms with Gasteiger partial charge in [-0.05, 0) is 26.7 Å². The maximum atomic E-state index is 13.0. The maximum Gasteiger partial charge on any atom is 0.407 e.